The van der Waals surface area contributed by atoms with Crippen molar-refractivity contribution >= 4 is 15.9 Å². The molecule has 1 N–H and O–H groups in total. The molecule has 0 bridgehead atoms. The summed E-state index contributed by atoms with van der Waals surface area (Å²) in [6.07, 6.45) is 3.78. The van der Waals surface area contributed by atoms with E-state index in [0.717, 1.165) is 35.2 Å². The minimum absolute atomic E-state index is 0.194. The fraction of sp³-hybridized carbons (Fsp3) is 0.571. The van der Waals surface area contributed by atoms with Crippen molar-refractivity contribution in [2.75, 3.05) is 7.05 Å². The average molecular weight is 340 g/mol. The second kappa shape index (κ2) is 6.54. The van der Waals surface area contributed by atoms with Gasteiger partial charge >= 0.3 is 0 Å². The molecule has 0 amide bonds. The van der Waals surface area contributed by atoms with Gasteiger partial charge < -0.3 is 5.32 Å². The normalized spacial score (nSPS) is 12.8. The Labute approximate surface area is 128 Å². The third-order valence-electron chi connectivity index (χ3n) is 3.53. The van der Waals surface area contributed by atoms with E-state index in [4.69, 9.17) is 0 Å². The number of halogens is 1. The van der Waals surface area contributed by atoms with E-state index in [9.17, 15) is 0 Å². The van der Waals surface area contributed by atoms with Crippen molar-refractivity contribution in [1.29, 1.82) is 0 Å². The molecule has 2 heterocycles. The van der Waals surface area contributed by atoms with E-state index < -0.39 is 0 Å². The first kappa shape index (κ1) is 15.3. The Morgan fingerprint density at radius 3 is 2.60 bits per heavy atom. The van der Waals surface area contributed by atoms with E-state index in [1.165, 1.54) is 5.69 Å². The highest BCUT2D eigenvalue weighted by atomic mass is 79.9. The smallest absolute Gasteiger partial charge is 0.0797 e. The Morgan fingerprint density at radius 1 is 1.35 bits per heavy atom. The molecule has 1 atom stereocenters. The molecule has 20 heavy (non-hydrogen) atoms. The molecule has 0 saturated carbocycles. The lowest BCUT2D eigenvalue weighted by Gasteiger charge is -2.15. The van der Waals surface area contributed by atoms with E-state index in [0.29, 0.717) is 0 Å². The highest BCUT2D eigenvalue weighted by Gasteiger charge is 2.20. The van der Waals surface area contributed by atoms with Gasteiger partial charge in [-0.1, -0.05) is 6.92 Å². The standard InChI is InChI=1S/C14H22BrN5/c1-5-10-14(15)13(20(6-2)18-10)9-12(16-3)11-7-8-19(4)17-11/h7-8,12,16H,5-6,9H2,1-4H3. The molecular weight excluding hydrogens is 318 g/mol. The summed E-state index contributed by atoms with van der Waals surface area (Å²) in [4.78, 5) is 0. The van der Waals surface area contributed by atoms with Crippen molar-refractivity contribution in [3.63, 3.8) is 0 Å². The minimum Gasteiger partial charge on any atom is -0.311 e. The molecule has 0 aliphatic heterocycles. The zero-order valence-corrected chi connectivity index (χ0v) is 14.1. The topological polar surface area (TPSA) is 47.7 Å². The van der Waals surface area contributed by atoms with Crippen molar-refractivity contribution in [3.8, 4) is 0 Å². The first-order valence-electron chi connectivity index (χ1n) is 7.01. The lowest BCUT2D eigenvalue weighted by molar-refractivity contribution is 0.524. The number of hydrogen-bond donors (Lipinski definition) is 1. The molecule has 2 aromatic rings. The molecule has 2 aromatic heterocycles. The van der Waals surface area contributed by atoms with E-state index in [2.05, 4.69) is 56.0 Å². The summed E-state index contributed by atoms with van der Waals surface area (Å²) in [5, 5.41) is 12.5. The van der Waals surface area contributed by atoms with Gasteiger partial charge in [-0.25, -0.2) is 0 Å². The van der Waals surface area contributed by atoms with Gasteiger partial charge in [-0.2, -0.15) is 10.2 Å². The van der Waals surface area contributed by atoms with Gasteiger partial charge in [0.25, 0.3) is 0 Å². The van der Waals surface area contributed by atoms with Crippen LogP contribution in [0.3, 0.4) is 0 Å². The summed E-state index contributed by atoms with van der Waals surface area (Å²) in [6.45, 7) is 5.13. The van der Waals surface area contributed by atoms with Crippen LogP contribution in [0, 0.1) is 0 Å². The van der Waals surface area contributed by atoms with Crippen LogP contribution in [-0.2, 0) is 26.4 Å². The van der Waals surface area contributed by atoms with Gasteiger partial charge in [-0.3, -0.25) is 9.36 Å². The van der Waals surface area contributed by atoms with Gasteiger partial charge in [0.05, 0.1) is 27.6 Å². The number of nitrogens with one attached hydrogen (secondary N) is 1. The van der Waals surface area contributed by atoms with Gasteiger partial charge in [0, 0.05) is 26.2 Å². The highest BCUT2D eigenvalue weighted by molar-refractivity contribution is 9.10. The Bertz CT molecular complexity index is 572. The number of aryl methyl sites for hydroxylation is 3. The highest BCUT2D eigenvalue weighted by Crippen LogP contribution is 2.26. The third kappa shape index (κ3) is 2.96. The summed E-state index contributed by atoms with van der Waals surface area (Å²) in [5.41, 5.74) is 3.41. The average Bonchev–Trinajstić information content (AvgIpc) is 3.00. The maximum absolute atomic E-state index is 4.65. The molecule has 0 saturated heterocycles. The zero-order chi connectivity index (χ0) is 14.7. The first-order valence-corrected chi connectivity index (χ1v) is 7.80. The third-order valence-corrected chi connectivity index (χ3v) is 4.45. The molecular formula is C14H22BrN5. The van der Waals surface area contributed by atoms with Crippen molar-refractivity contribution in [1.82, 2.24) is 24.9 Å². The number of aromatic nitrogens is 4. The zero-order valence-electron chi connectivity index (χ0n) is 12.5. The molecule has 0 aliphatic carbocycles. The van der Waals surface area contributed by atoms with Crippen LogP contribution in [0.5, 0.6) is 0 Å². The van der Waals surface area contributed by atoms with Crippen molar-refractivity contribution < 1.29 is 0 Å². The number of rotatable bonds is 6. The summed E-state index contributed by atoms with van der Waals surface area (Å²) in [7, 11) is 3.91. The summed E-state index contributed by atoms with van der Waals surface area (Å²) in [5.74, 6) is 0. The Kier molecular flexibility index (Phi) is 4.99. The lowest BCUT2D eigenvalue weighted by atomic mass is 10.1. The Morgan fingerprint density at radius 2 is 2.10 bits per heavy atom. The van der Waals surface area contributed by atoms with Gasteiger partial charge in [0.15, 0.2) is 0 Å². The molecule has 0 aromatic carbocycles. The monoisotopic (exact) mass is 339 g/mol. The van der Waals surface area contributed by atoms with Gasteiger partial charge in [-0.05, 0) is 42.4 Å². The number of hydrogen-bond acceptors (Lipinski definition) is 3. The molecule has 0 fully saturated rings. The Balaban J connectivity index is 2.29. The SMILES string of the molecule is CCc1nn(CC)c(CC(NC)c2ccn(C)n2)c1Br. The molecule has 5 nitrogen and oxygen atoms in total. The predicted octanol–water partition coefficient (Wildman–Crippen LogP) is 2.46. The fourth-order valence-electron chi connectivity index (χ4n) is 2.38. The van der Waals surface area contributed by atoms with Crippen LogP contribution in [0.1, 0.15) is 37.0 Å². The second-order valence-corrected chi connectivity index (χ2v) is 5.63. The van der Waals surface area contributed by atoms with Gasteiger partial charge in [0.2, 0.25) is 0 Å². The van der Waals surface area contributed by atoms with E-state index in [1.54, 1.807) is 0 Å². The largest absolute Gasteiger partial charge is 0.311 e. The van der Waals surface area contributed by atoms with Crippen molar-refractivity contribution in [3.05, 3.63) is 33.8 Å². The Hall–Kier alpha value is -1.14. The van der Waals surface area contributed by atoms with Gasteiger partial charge in [-0.15, -0.1) is 0 Å². The maximum atomic E-state index is 4.65. The lowest BCUT2D eigenvalue weighted by Crippen LogP contribution is -2.21. The van der Waals surface area contributed by atoms with Crippen molar-refractivity contribution in [2.24, 2.45) is 7.05 Å². The molecule has 0 aliphatic rings. The molecule has 0 radical (unpaired) electrons. The molecule has 0 spiro atoms. The van der Waals surface area contributed by atoms with Crippen LogP contribution in [0.15, 0.2) is 16.7 Å². The first-order chi connectivity index (χ1) is 9.60. The van der Waals surface area contributed by atoms with E-state index in [1.807, 2.05) is 25.0 Å². The van der Waals surface area contributed by atoms with E-state index in [-0.39, 0.29) is 6.04 Å². The van der Waals surface area contributed by atoms with Crippen LogP contribution in [0.4, 0.5) is 0 Å². The van der Waals surface area contributed by atoms with Crippen LogP contribution < -0.4 is 5.32 Å². The van der Waals surface area contributed by atoms with Gasteiger partial charge in [0.1, 0.15) is 0 Å². The van der Waals surface area contributed by atoms with Crippen LogP contribution in [-0.4, -0.2) is 26.6 Å². The second-order valence-electron chi connectivity index (χ2n) is 4.84. The molecule has 6 heteroatoms. The van der Waals surface area contributed by atoms with Crippen LogP contribution in [0.25, 0.3) is 0 Å². The summed E-state index contributed by atoms with van der Waals surface area (Å²) < 4.78 is 5.05. The maximum Gasteiger partial charge on any atom is 0.0797 e. The van der Waals surface area contributed by atoms with Crippen molar-refractivity contribution in [2.45, 2.75) is 39.3 Å². The summed E-state index contributed by atoms with van der Waals surface area (Å²) >= 11 is 3.70. The fourth-order valence-corrected chi connectivity index (χ4v) is 3.11. The minimum atomic E-state index is 0.194. The quantitative estimate of drug-likeness (QED) is 0.879. The molecule has 110 valence electrons. The number of nitrogens with zero attached hydrogens (tertiary/aromatic N) is 4. The summed E-state index contributed by atoms with van der Waals surface area (Å²) in [6, 6.07) is 2.25. The predicted molar refractivity (Wildman–Crippen MR) is 83.7 cm³/mol. The van der Waals surface area contributed by atoms with Crippen LogP contribution in [0.2, 0.25) is 0 Å². The number of likely N-dealkylation sites (N-methyl/N-ethyl adjacent to an activating group) is 1. The molecule has 1 unspecified atom stereocenters. The van der Waals surface area contributed by atoms with E-state index >= 15 is 0 Å². The van der Waals surface area contributed by atoms with Crippen LogP contribution >= 0.6 is 15.9 Å². The molecule has 2 rings (SSSR count).